The lowest BCUT2D eigenvalue weighted by Crippen LogP contribution is -2.22. The SMILES string of the molecule is CC(Oc1ccc(C#N)c(Cl)c1)C(=O)O. The normalized spacial score (nSPS) is 11.5. The fraction of sp³-hybridized carbons (Fsp3) is 0.200. The van der Waals surface area contributed by atoms with Crippen molar-refractivity contribution >= 4 is 17.6 Å². The molecule has 0 saturated heterocycles. The van der Waals surface area contributed by atoms with Gasteiger partial charge < -0.3 is 9.84 Å². The van der Waals surface area contributed by atoms with Gasteiger partial charge in [0.1, 0.15) is 11.8 Å². The van der Waals surface area contributed by atoms with Crippen LogP contribution in [0, 0.1) is 11.3 Å². The summed E-state index contributed by atoms with van der Waals surface area (Å²) in [6.45, 7) is 1.41. The number of carbonyl (C=O) groups is 1. The number of aliphatic carboxylic acids is 1. The second-order valence-electron chi connectivity index (χ2n) is 2.85. The molecular formula is C10H8ClNO3. The summed E-state index contributed by atoms with van der Waals surface area (Å²) < 4.78 is 5.06. The molecule has 0 fully saturated rings. The Morgan fingerprint density at radius 3 is 2.80 bits per heavy atom. The molecule has 0 aromatic heterocycles. The van der Waals surface area contributed by atoms with Crippen LogP contribution in [0.1, 0.15) is 12.5 Å². The van der Waals surface area contributed by atoms with Crippen LogP contribution in [0.3, 0.4) is 0 Å². The maximum atomic E-state index is 10.5. The lowest BCUT2D eigenvalue weighted by molar-refractivity contribution is -0.144. The summed E-state index contributed by atoms with van der Waals surface area (Å²) in [7, 11) is 0. The number of carboxylic acids is 1. The van der Waals surface area contributed by atoms with E-state index in [4.69, 9.17) is 26.7 Å². The summed E-state index contributed by atoms with van der Waals surface area (Å²) in [5.74, 6) is -0.732. The molecule has 15 heavy (non-hydrogen) atoms. The topological polar surface area (TPSA) is 70.3 Å². The van der Waals surface area contributed by atoms with Crippen molar-refractivity contribution in [3.8, 4) is 11.8 Å². The number of ether oxygens (including phenoxy) is 1. The standard InChI is InChI=1S/C10H8ClNO3/c1-6(10(13)14)15-8-3-2-7(5-12)9(11)4-8/h2-4,6H,1H3,(H,13,14). The Kier molecular flexibility index (Phi) is 3.53. The first-order valence-corrected chi connectivity index (χ1v) is 4.51. The predicted octanol–water partition coefficient (Wildman–Crippen LogP) is 2.06. The molecule has 5 heteroatoms. The molecule has 0 heterocycles. The summed E-state index contributed by atoms with van der Waals surface area (Å²) in [5, 5.41) is 17.5. The Balaban J connectivity index is 2.85. The zero-order chi connectivity index (χ0) is 11.4. The molecule has 0 spiro atoms. The van der Waals surface area contributed by atoms with Gasteiger partial charge in [-0.15, -0.1) is 0 Å². The Morgan fingerprint density at radius 2 is 2.33 bits per heavy atom. The molecule has 0 bridgehead atoms. The minimum atomic E-state index is -1.06. The number of rotatable bonds is 3. The Morgan fingerprint density at radius 1 is 1.67 bits per heavy atom. The number of hydrogen-bond acceptors (Lipinski definition) is 3. The van der Waals surface area contributed by atoms with E-state index in [9.17, 15) is 4.79 Å². The zero-order valence-corrected chi connectivity index (χ0v) is 8.65. The van der Waals surface area contributed by atoms with E-state index >= 15 is 0 Å². The first-order chi connectivity index (χ1) is 7.04. The van der Waals surface area contributed by atoms with Gasteiger partial charge in [0, 0.05) is 6.07 Å². The quantitative estimate of drug-likeness (QED) is 0.855. The van der Waals surface area contributed by atoms with E-state index < -0.39 is 12.1 Å². The number of carboxylic acid groups (broad SMARTS) is 1. The molecule has 1 unspecified atom stereocenters. The van der Waals surface area contributed by atoms with E-state index in [0.29, 0.717) is 11.3 Å². The summed E-state index contributed by atoms with van der Waals surface area (Å²) >= 11 is 5.74. The van der Waals surface area contributed by atoms with Crippen LogP contribution in [0.5, 0.6) is 5.75 Å². The molecule has 1 rings (SSSR count). The molecule has 0 amide bonds. The number of hydrogen-bond donors (Lipinski definition) is 1. The smallest absolute Gasteiger partial charge is 0.344 e. The molecule has 1 aromatic carbocycles. The van der Waals surface area contributed by atoms with Crippen LogP contribution in [0.4, 0.5) is 0 Å². The molecule has 0 aliphatic carbocycles. The van der Waals surface area contributed by atoms with E-state index in [1.54, 1.807) is 0 Å². The highest BCUT2D eigenvalue weighted by atomic mass is 35.5. The molecule has 0 saturated carbocycles. The van der Waals surface area contributed by atoms with Crippen molar-refractivity contribution in [2.75, 3.05) is 0 Å². The molecule has 0 aliphatic heterocycles. The lowest BCUT2D eigenvalue weighted by atomic mass is 10.2. The van der Waals surface area contributed by atoms with Crippen LogP contribution in [0.25, 0.3) is 0 Å². The molecule has 0 aliphatic rings. The fourth-order valence-electron chi connectivity index (χ4n) is 0.914. The summed E-state index contributed by atoms with van der Waals surface area (Å²) in [4.78, 5) is 10.5. The van der Waals surface area contributed by atoms with Gasteiger partial charge in [-0.2, -0.15) is 5.26 Å². The minimum absolute atomic E-state index is 0.243. The molecule has 78 valence electrons. The van der Waals surface area contributed by atoms with Crippen molar-refractivity contribution < 1.29 is 14.6 Å². The van der Waals surface area contributed by atoms with Crippen LogP contribution in [0.2, 0.25) is 5.02 Å². The van der Waals surface area contributed by atoms with Gasteiger partial charge >= 0.3 is 5.97 Å². The summed E-state index contributed by atoms with van der Waals surface area (Å²) in [5.41, 5.74) is 0.326. The van der Waals surface area contributed by atoms with Gasteiger partial charge in [0.05, 0.1) is 10.6 Å². The first kappa shape index (κ1) is 11.3. The predicted molar refractivity (Wildman–Crippen MR) is 53.9 cm³/mol. The van der Waals surface area contributed by atoms with E-state index in [0.717, 1.165) is 0 Å². The second-order valence-corrected chi connectivity index (χ2v) is 3.26. The zero-order valence-electron chi connectivity index (χ0n) is 7.90. The average molecular weight is 226 g/mol. The van der Waals surface area contributed by atoms with Crippen LogP contribution in [-0.4, -0.2) is 17.2 Å². The van der Waals surface area contributed by atoms with Crippen molar-refractivity contribution in [1.82, 2.24) is 0 Å². The molecule has 1 atom stereocenters. The van der Waals surface area contributed by atoms with Crippen molar-refractivity contribution in [3.05, 3.63) is 28.8 Å². The van der Waals surface area contributed by atoms with Crippen molar-refractivity contribution in [1.29, 1.82) is 5.26 Å². The second kappa shape index (κ2) is 4.67. The highest BCUT2D eigenvalue weighted by Crippen LogP contribution is 2.22. The van der Waals surface area contributed by atoms with Crippen LogP contribution in [0.15, 0.2) is 18.2 Å². The van der Waals surface area contributed by atoms with E-state index in [1.165, 1.54) is 25.1 Å². The number of halogens is 1. The highest BCUT2D eigenvalue weighted by Gasteiger charge is 2.12. The third-order valence-corrected chi connectivity index (χ3v) is 2.03. The number of benzene rings is 1. The largest absolute Gasteiger partial charge is 0.479 e. The summed E-state index contributed by atoms with van der Waals surface area (Å²) in [6, 6.07) is 6.29. The Bertz CT molecular complexity index is 425. The maximum Gasteiger partial charge on any atom is 0.344 e. The van der Waals surface area contributed by atoms with Crippen molar-refractivity contribution in [3.63, 3.8) is 0 Å². The first-order valence-electron chi connectivity index (χ1n) is 4.13. The van der Waals surface area contributed by atoms with Crippen molar-refractivity contribution in [2.45, 2.75) is 13.0 Å². The molecule has 1 N–H and O–H groups in total. The molecule has 4 nitrogen and oxygen atoms in total. The van der Waals surface area contributed by atoms with Gasteiger partial charge in [0.15, 0.2) is 6.10 Å². The third kappa shape index (κ3) is 2.86. The van der Waals surface area contributed by atoms with E-state index in [-0.39, 0.29) is 5.02 Å². The minimum Gasteiger partial charge on any atom is -0.479 e. The van der Waals surface area contributed by atoms with Gasteiger partial charge in [-0.05, 0) is 19.1 Å². The summed E-state index contributed by atoms with van der Waals surface area (Å²) in [6.07, 6.45) is -0.950. The third-order valence-electron chi connectivity index (χ3n) is 1.72. The number of nitrogens with zero attached hydrogens (tertiary/aromatic N) is 1. The molecule has 1 aromatic rings. The van der Waals surface area contributed by atoms with Crippen LogP contribution >= 0.6 is 11.6 Å². The number of nitriles is 1. The van der Waals surface area contributed by atoms with Gasteiger partial charge in [-0.3, -0.25) is 0 Å². The van der Waals surface area contributed by atoms with Crippen molar-refractivity contribution in [2.24, 2.45) is 0 Å². The maximum absolute atomic E-state index is 10.5. The molecule has 0 radical (unpaired) electrons. The van der Waals surface area contributed by atoms with Gasteiger partial charge in [-0.1, -0.05) is 11.6 Å². The lowest BCUT2D eigenvalue weighted by Gasteiger charge is -2.10. The van der Waals surface area contributed by atoms with Gasteiger partial charge in [0.25, 0.3) is 0 Å². The Hall–Kier alpha value is -1.73. The highest BCUT2D eigenvalue weighted by molar-refractivity contribution is 6.31. The van der Waals surface area contributed by atoms with Gasteiger partial charge in [0.2, 0.25) is 0 Å². The van der Waals surface area contributed by atoms with Crippen LogP contribution in [-0.2, 0) is 4.79 Å². The van der Waals surface area contributed by atoms with E-state index in [2.05, 4.69) is 0 Å². The monoisotopic (exact) mass is 225 g/mol. The van der Waals surface area contributed by atoms with Crippen LogP contribution < -0.4 is 4.74 Å². The van der Waals surface area contributed by atoms with E-state index in [1.807, 2.05) is 6.07 Å². The Labute approximate surface area is 91.7 Å². The average Bonchev–Trinajstić information content (AvgIpc) is 2.18. The fourth-order valence-corrected chi connectivity index (χ4v) is 1.13. The molecular weight excluding hydrogens is 218 g/mol. The van der Waals surface area contributed by atoms with Gasteiger partial charge in [-0.25, -0.2) is 4.79 Å².